The highest BCUT2D eigenvalue weighted by Crippen LogP contribution is 2.38. The van der Waals surface area contributed by atoms with Gasteiger partial charge in [0.05, 0.1) is 5.60 Å². The smallest absolute Gasteiger partial charge is 0.0694 e. The summed E-state index contributed by atoms with van der Waals surface area (Å²) in [5.41, 5.74) is 0.205. The van der Waals surface area contributed by atoms with Gasteiger partial charge in [0.15, 0.2) is 0 Å². The molecule has 0 spiro atoms. The maximum absolute atomic E-state index is 5.95. The summed E-state index contributed by atoms with van der Waals surface area (Å²) in [6.07, 6.45) is 5.96. The van der Waals surface area contributed by atoms with Gasteiger partial charge in [0.2, 0.25) is 0 Å². The molecule has 0 amide bonds. The van der Waals surface area contributed by atoms with Crippen molar-refractivity contribution in [1.82, 2.24) is 5.32 Å². The van der Waals surface area contributed by atoms with Crippen molar-refractivity contribution in [3.05, 3.63) is 0 Å². The zero-order chi connectivity index (χ0) is 10.3. The minimum atomic E-state index is 0.205. The highest BCUT2D eigenvalue weighted by molar-refractivity contribution is 4.90. The number of methoxy groups -OCH3 is 1. The number of hydrogen-bond donors (Lipinski definition) is 1. The van der Waals surface area contributed by atoms with Gasteiger partial charge in [-0.25, -0.2) is 0 Å². The fourth-order valence-corrected chi connectivity index (χ4v) is 1.88. The lowest BCUT2D eigenvalue weighted by Crippen LogP contribution is -2.42. The lowest BCUT2D eigenvalue weighted by atomic mass is 9.77. The normalized spacial score (nSPS) is 19.3. The summed E-state index contributed by atoms with van der Waals surface area (Å²) in [4.78, 5) is 0. The molecule has 84 valence electrons. The molecule has 0 bridgehead atoms. The van der Waals surface area contributed by atoms with Crippen LogP contribution >= 0.6 is 0 Å². The van der Waals surface area contributed by atoms with Gasteiger partial charge in [-0.15, -0.1) is 0 Å². The molecule has 3 nitrogen and oxygen atoms in total. The fourth-order valence-electron chi connectivity index (χ4n) is 1.88. The monoisotopic (exact) mass is 201 g/mol. The molecule has 0 radical (unpaired) electrons. The van der Waals surface area contributed by atoms with Gasteiger partial charge in [-0.1, -0.05) is 0 Å². The Bertz CT molecular complexity index is 146. The number of rotatable bonds is 8. The molecule has 1 saturated carbocycles. The van der Waals surface area contributed by atoms with Crippen molar-refractivity contribution in [3.8, 4) is 0 Å². The van der Waals surface area contributed by atoms with E-state index in [1.807, 2.05) is 7.05 Å². The fraction of sp³-hybridized carbons (Fsp3) is 1.00. The van der Waals surface area contributed by atoms with Gasteiger partial charge in [0, 0.05) is 20.3 Å². The molecule has 14 heavy (non-hydrogen) atoms. The van der Waals surface area contributed by atoms with Gasteiger partial charge in [0.1, 0.15) is 0 Å². The molecule has 0 saturated heterocycles. The third-order valence-corrected chi connectivity index (χ3v) is 3.00. The first-order valence-corrected chi connectivity index (χ1v) is 5.60. The SMILES string of the molecule is CNCCC1(OCCCOC)CCC1. The highest BCUT2D eigenvalue weighted by Gasteiger charge is 2.36. The molecule has 1 aliphatic carbocycles. The number of hydrogen-bond acceptors (Lipinski definition) is 3. The molecule has 0 heterocycles. The van der Waals surface area contributed by atoms with Crippen molar-refractivity contribution in [1.29, 1.82) is 0 Å². The first kappa shape index (κ1) is 12.0. The molecule has 0 unspecified atom stereocenters. The molecular formula is C11H23NO2. The first-order valence-electron chi connectivity index (χ1n) is 5.60. The Hall–Kier alpha value is -0.120. The van der Waals surface area contributed by atoms with Crippen LogP contribution in [0.25, 0.3) is 0 Å². The molecule has 0 aliphatic heterocycles. The minimum Gasteiger partial charge on any atom is -0.385 e. The predicted octanol–water partition coefficient (Wildman–Crippen LogP) is 1.57. The van der Waals surface area contributed by atoms with Crippen molar-refractivity contribution in [2.24, 2.45) is 0 Å². The molecule has 0 aromatic heterocycles. The van der Waals surface area contributed by atoms with E-state index in [2.05, 4.69) is 5.32 Å². The van der Waals surface area contributed by atoms with E-state index in [-0.39, 0.29) is 5.60 Å². The van der Waals surface area contributed by atoms with Crippen LogP contribution in [0.1, 0.15) is 32.1 Å². The molecule has 0 aromatic carbocycles. The van der Waals surface area contributed by atoms with E-state index in [1.165, 1.54) is 19.3 Å². The van der Waals surface area contributed by atoms with E-state index in [0.29, 0.717) is 0 Å². The molecule has 1 fully saturated rings. The third-order valence-electron chi connectivity index (χ3n) is 3.00. The van der Waals surface area contributed by atoms with Crippen molar-refractivity contribution < 1.29 is 9.47 Å². The molecule has 0 aromatic rings. The van der Waals surface area contributed by atoms with E-state index in [0.717, 1.165) is 32.6 Å². The van der Waals surface area contributed by atoms with Crippen molar-refractivity contribution in [3.63, 3.8) is 0 Å². The maximum atomic E-state index is 5.95. The molecule has 1 N–H and O–H groups in total. The van der Waals surface area contributed by atoms with Gasteiger partial charge in [-0.2, -0.15) is 0 Å². The van der Waals surface area contributed by atoms with E-state index in [4.69, 9.17) is 9.47 Å². The van der Waals surface area contributed by atoms with Gasteiger partial charge in [0.25, 0.3) is 0 Å². The van der Waals surface area contributed by atoms with Gasteiger partial charge in [-0.05, 0) is 45.7 Å². The summed E-state index contributed by atoms with van der Waals surface area (Å²) in [6.45, 7) is 2.71. The maximum Gasteiger partial charge on any atom is 0.0694 e. The van der Waals surface area contributed by atoms with Crippen molar-refractivity contribution in [2.45, 2.75) is 37.7 Å². The molecule has 1 aliphatic rings. The van der Waals surface area contributed by atoms with Crippen molar-refractivity contribution in [2.75, 3.05) is 33.9 Å². The quantitative estimate of drug-likeness (QED) is 0.605. The second-order valence-corrected chi connectivity index (χ2v) is 4.08. The Morgan fingerprint density at radius 3 is 2.57 bits per heavy atom. The van der Waals surface area contributed by atoms with E-state index in [9.17, 15) is 0 Å². The molecule has 0 atom stereocenters. The van der Waals surface area contributed by atoms with E-state index >= 15 is 0 Å². The average Bonchev–Trinajstić information content (AvgIpc) is 2.15. The van der Waals surface area contributed by atoms with Gasteiger partial charge >= 0.3 is 0 Å². The molecular weight excluding hydrogens is 178 g/mol. The lowest BCUT2D eigenvalue weighted by Gasteiger charge is -2.42. The Morgan fingerprint density at radius 2 is 2.07 bits per heavy atom. The largest absolute Gasteiger partial charge is 0.385 e. The second-order valence-electron chi connectivity index (χ2n) is 4.08. The summed E-state index contributed by atoms with van der Waals surface area (Å²) >= 11 is 0. The molecule has 1 rings (SSSR count). The Morgan fingerprint density at radius 1 is 1.29 bits per heavy atom. The van der Waals surface area contributed by atoms with E-state index in [1.54, 1.807) is 7.11 Å². The zero-order valence-corrected chi connectivity index (χ0v) is 9.47. The molecule has 3 heteroatoms. The standard InChI is InChI=1S/C11H23NO2/c1-12-8-7-11(5-3-6-11)14-10-4-9-13-2/h12H,3-10H2,1-2H3. The second kappa shape index (κ2) is 6.38. The number of nitrogens with one attached hydrogen (secondary N) is 1. The van der Waals surface area contributed by atoms with Crippen LogP contribution in [-0.4, -0.2) is 39.5 Å². The third kappa shape index (κ3) is 3.56. The van der Waals surface area contributed by atoms with Crippen LogP contribution < -0.4 is 5.32 Å². The minimum absolute atomic E-state index is 0.205. The summed E-state index contributed by atoms with van der Waals surface area (Å²) < 4.78 is 10.9. The summed E-state index contributed by atoms with van der Waals surface area (Å²) in [5, 5.41) is 3.19. The topological polar surface area (TPSA) is 30.5 Å². The lowest BCUT2D eigenvalue weighted by molar-refractivity contribution is -0.107. The van der Waals surface area contributed by atoms with Crippen LogP contribution in [0.15, 0.2) is 0 Å². The Labute approximate surface area is 87.2 Å². The van der Waals surface area contributed by atoms with Gasteiger partial charge in [-0.3, -0.25) is 0 Å². The number of ether oxygens (including phenoxy) is 2. The zero-order valence-electron chi connectivity index (χ0n) is 9.47. The van der Waals surface area contributed by atoms with Crippen LogP contribution in [0.5, 0.6) is 0 Å². The van der Waals surface area contributed by atoms with Crippen LogP contribution in [0, 0.1) is 0 Å². The van der Waals surface area contributed by atoms with Crippen LogP contribution in [-0.2, 0) is 9.47 Å². The summed E-state index contributed by atoms with van der Waals surface area (Å²) in [7, 11) is 3.73. The van der Waals surface area contributed by atoms with Gasteiger partial charge < -0.3 is 14.8 Å². The highest BCUT2D eigenvalue weighted by atomic mass is 16.5. The summed E-state index contributed by atoms with van der Waals surface area (Å²) in [6, 6.07) is 0. The predicted molar refractivity (Wildman–Crippen MR) is 57.6 cm³/mol. The van der Waals surface area contributed by atoms with Crippen molar-refractivity contribution >= 4 is 0 Å². The summed E-state index contributed by atoms with van der Waals surface area (Å²) in [5.74, 6) is 0. The average molecular weight is 201 g/mol. The van der Waals surface area contributed by atoms with E-state index < -0.39 is 0 Å². The van der Waals surface area contributed by atoms with Crippen LogP contribution in [0.2, 0.25) is 0 Å². The van der Waals surface area contributed by atoms with Crippen LogP contribution in [0.4, 0.5) is 0 Å². The first-order chi connectivity index (χ1) is 6.83. The van der Waals surface area contributed by atoms with Crippen LogP contribution in [0.3, 0.4) is 0 Å². The Balaban J connectivity index is 2.10. The Kier molecular flexibility index (Phi) is 5.45.